The molecule has 0 aromatic carbocycles. The Morgan fingerprint density at radius 2 is 2.10 bits per heavy atom. The van der Waals surface area contributed by atoms with Gasteiger partial charge in [0.25, 0.3) is 0 Å². The Labute approximate surface area is 124 Å². The minimum atomic E-state index is -0.571. The average Bonchev–Trinajstić information content (AvgIpc) is 2.41. The van der Waals surface area contributed by atoms with Gasteiger partial charge in [0.1, 0.15) is 12.3 Å². The number of aryl methyl sites for hydroxylation is 1. The van der Waals surface area contributed by atoms with E-state index in [0.29, 0.717) is 4.47 Å². The molecule has 0 saturated carbocycles. The fourth-order valence-electron chi connectivity index (χ4n) is 1.81. The fraction of sp³-hybridized carbons (Fsp3) is 0.231. The third-order valence-electron chi connectivity index (χ3n) is 2.74. The molecule has 20 heavy (non-hydrogen) atoms. The first-order chi connectivity index (χ1) is 9.50. The van der Waals surface area contributed by atoms with Crippen molar-refractivity contribution in [3.63, 3.8) is 0 Å². The summed E-state index contributed by atoms with van der Waals surface area (Å²) in [6.45, 7) is 3.70. The van der Waals surface area contributed by atoms with Crippen molar-refractivity contribution in [2.75, 3.05) is 0 Å². The molecule has 2 aromatic rings. The molecule has 0 aliphatic rings. The molecular formula is C13H12BrN3O3. The Hall–Kier alpha value is -2.02. The molecule has 0 radical (unpaired) electrons. The number of pyridine rings is 2. The highest BCUT2D eigenvalue weighted by Gasteiger charge is 2.23. The summed E-state index contributed by atoms with van der Waals surface area (Å²) in [5, 5.41) is 11.0. The zero-order chi connectivity index (χ0) is 14.7. The van der Waals surface area contributed by atoms with E-state index in [1.807, 2.05) is 19.1 Å². The number of hydrogen-bond acceptors (Lipinski definition) is 5. The molecule has 0 saturated heterocycles. The van der Waals surface area contributed by atoms with E-state index in [2.05, 4.69) is 25.9 Å². The molecule has 0 fully saturated rings. The van der Waals surface area contributed by atoms with Gasteiger partial charge in [0.05, 0.1) is 10.2 Å². The second-order valence-electron chi connectivity index (χ2n) is 4.17. The molecule has 2 aromatic heterocycles. The van der Waals surface area contributed by atoms with E-state index in [9.17, 15) is 10.1 Å². The van der Waals surface area contributed by atoms with Crippen LogP contribution in [0.5, 0.6) is 5.75 Å². The van der Waals surface area contributed by atoms with Crippen LogP contribution in [0.25, 0.3) is 0 Å². The van der Waals surface area contributed by atoms with Crippen LogP contribution >= 0.6 is 15.9 Å². The summed E-state index contributed by atoms with van der Waals surface area (Å²) in [4.78, 5) is 18.4. The van der Waals surface area contributed by atoms with Crippen molar-refractivity contribution in [3.05, 3.63) is 56.4 Å². The SMILES string of the molecule is Cc1cccnc1C(C)Oc1c(Br)ccnc1[N+](=O)[O-]. The number of hydrogen-bond donors (Lipinski definition) is 0. The third-order valence-corrected chi connectivity index (χ3v) is 3.36. The Kier molecular flexibility index (Phi) is 4.29. The van der Waals surface area contributed by atoms with Crippen molar-refractivity contribution in [1.82, 2.24) is 9.97 Å². The van der Waals surface area contributed by atoms with E-state index >= 15 is 0 Å². The van der Waals surface area contributed by atoms with Gasteiger partial charge in [-0.2, -0.15) is 0 Å². The lowest BCUT2D eigenvalue weighted by Gasteiger charge is -2.16. The predicted molar refractivity (Wildman–Crippen MR) is 76.6 cm³/mol. The minimum Gasteiger partial charge on any atom is -0.475 e. The topological polar surface area (TPSA) is 78.2 Å². The quantitative estimate of drug-likeness (QED) is 0.629. The van der Waals surface area contributed by atoms with Crippen molar-refractivity contribution in [3.8, 4) is 5.75 Å². The maximum absolute atomic E-state index is 11.0. The number of nitrogens with zero attached hydrogens (tertiary/aromatic N) is 3. The van der Waals surface area contributed by atoms with Gasteiger partial charge in [-0.1, -0.05) is 6.07 Å². The van der Waals surface area contributed by atoms with Crippen LogP contribution in [0.4, 0.5) is 5.82 Å². The van der Waals surface area contributed by atoms with Crippen molar-refractivity contribution in [2.45, 2.75) is 20.0 Å². The smallest absolute Gasteiger partial charge is 0.407 e. The molecule has 1 atom stereocenters. The number of rotatable bonds is 4. The molecule has 1 unspecified atom stereocenters. The molecule has 2 heterocycles. The normalized spacial score (nSPS) is 11.9. The lowest BCUT2D eigenvalue weighted by Crippen LogP contribution is -2.09. The zero-order valence-corrected chi connectivity index (χ0v) is 12.5. The highest BCUT2D eigenvalue weighted by atomic mass is 79.9. The monoisotopic (exact) mass is 337 g/mol. The van der Waals surface area contributed by atoms with Crippen LogP contribution in [0.3, 0.4) is 0 Å². The summed E-state index contributed by atoms with van der Waals surface area (Å²) in [5.41, 5.74) is 1.69. The molecule has 0 bridgehead atoms. The lowest BCUT2D eigenvalue weighted by atomic mass is 10.1. The third kappa shape index (κ3) is 2.93. The summed E-state index contributed by atoms with van der Waals surface area (Å²) >= 11 is 3.25. The van der Waals surface area contributed by atoms with Crippen LogP contribution in [-0.2, 0) is 0 Å². The molecule has 0 N–H and O–H groups in total. The summed E-state index contributed by atoms with van der Waals surface area (Å²) < 4.78 is 6.18. The molecule has 0 spiro atoms. The summed E-state index contributed by atoms with van der Waals surface area (Å²) in [6, 6.07) is 5.34. The van der Waals surface area contributed by atoms with Crippen LogP contribution in [0, 0.1) is 17.0 Å². The van der Waals surface area contributed by atoms with Gasteiger partial charge < -0.3 is 14.9 Å². The van der Waals surface area contributed by atoms with Crippen LogP contribution < -0.4 is 4.74 Å². The van der Waals surface area contributed by atoms with Crippen LogP contribution in [0.2, 0.25) is 0 Å². The number of halogens is 1. The average molecular weight is 338 g/mol. The summed E-state index contributed by atoms with van der Waals surface area (Å²) in [7, 11) is 0. The molecule has 0 aliphatic heterocycles. The van der Waals surface area contributed by atoms with E-state index in [1.165, 1.54) is 6.20 Å². The maximum atomic E-state index is 11.0. The van der Waals surface area contributed by atoms with Gasteiger partial charge in [-0.3, -0.25) is 4.98 Å². The van der Waals surface area contributed by atoms with Crippen LogP contribution in [0.1, 0.15) is 24.3 Å². The van der Waals surface area contributed by atoms with E-state index in [4.69, 9.17) is 4.74 Å². The second kappa shape index (κ2) is 5.96. The molecule has 7 heteroatoms. The van der Waals surface area contributed by atoms with Crippen molar-refractivity contribution in [1.29, 1.82) is 0 Å². The van der Waals surface area contributed by atoms with Gasteiger partial charge in [-0.25, -0.2) is 0 Å². The highest BCUT2D eigenvalue weighted by Crippen LogP contribution is 2.35. The Morgan fingerprint density at radius 1 is 1.35 bits per heavy atom. The van der Waals surface area contributed by atoms with E-state index in [1.54, 1.807) is 19.2 Å². The molecule has 2 rings (SSSR count). The number of nitro groups is 1. The predicted octanol–water partition coefficient (Wildman–Crippen LogP) is 3.60. The molecule has 104 valence electrons. The van der Waals surface area contributed by atoms with Gasteiger partial charge in [-0.15, -0.1) is 0 Å². The Bertz CT molecular complexity index is 649. The van der Waals surface area contributed by atoms with Crippen molar-refractivity contribution < 1.29 is 9.66 Å². The van der Waals surface area contributed by atoms with Gasteiger partial charge in [0.2, 0.25) is 5.75 Å². The van der Waals surface area contributed by atoms with E-state index in [0.717, 1.165) is 11.3 Å². The molecule has 6 nitrogen and oxygen atoms in total. The van der Waals surface area contributed by atoms with E-state index < -0.39 is 11.0 Å². The molecule has 0 amide bonds. The van der Waals surface area contributed by atoms with Crippen molar-refractivity contribution in [2.24, 2.45) is 0 Å². The first-order valence-electron chi connectivity index (χ1n) is 5.87. The summed E-state index contributed by atoms with van der Waals surface area (Å²) in [5.74, 6) is -0.213. The zero-order valence-electron chi connectivity index (χ0n) is 10.9. The van der Waals surface area contributed by atoms with Crippen LogP contribution in [0.15, 0.2) is 35.1 Å². The van der Waals surface area contributed by atoms with Gasteiger partial charge in [0.15, 0.2) is 0 Å². The number of ether oxygens (including phenoxy) is 1. The minimum absolute atomic E-state index is 0.107. The first kappa shape index (κ1) is 14.4. The van der Waals surface area contributed by atoms with Gasteiger partial charge >= 0.3 is 5.82 Å². The lowest BCUT2D eigenvalue weighted by molar-refractivity contribution is -0.390. The second-order valence-corrected chi connectivity index (χ2v) is 5.02. The van der Waals surface area contributed by atoms with Gasteiger partial charge in [0, 0.05) is 12.3 Å². The van der Waals surface area contributed by atoms with E-state index in [-0.39, 0.29) is 11.6 Å². The van der Waals surface area contributed by atoms with Crippen LogP contribution in [-0.4, -0.2) is 14.9 Å². The fourth-order valence-corrected chi connectivity index (χ4v) is 2.20. The Morgan fingerprint density at radius 3 is 2.75 bits per heavy atom. The van der Waals surface area contributed by atoms with Crippen molar-refractivity contribution >= 4 is 21.7 Å². The summed E-state index contributed by atoms with van der Waals surface area (Å²) in [6.07, 6.45) is 2.59. The molecular weight excluding hydrogens is 326 g/mol. The first-order valence-corrected chi connectivity index (χ1v) is 6.67. The highest BCUT2D eigenvalue weighted by molar-refractivity contribution is 9.10. The Balaban J connectivity index is 2.35. The maximum Gasteiger partial charge on any atom is 0.407 e. The number of aromatic nitrogens is 2. The van der Waals surface area contributed by atoms with Gasteiger partial charge in [-0.05, 0) is 51.3 Å². The largest absolute Gasteiger partial charge is 0.475 e. The standard InChI is InChI=1S/C13H12BrN3O3/c1-8-4-3-6-15-11(8)9(2)20-12-10(14)5-7-16-13(12)17(18)19/h3-7,9H,1-2H3. The molecule has 0 aliphatic carbocycles.